The molecule has 1 aromatic heterocycles. The van der Waals surface area contributed by atoms with Gasteiger partial charge in [-0.25, -0.2) is 0 Å². The van der Waals surface area contributed by atoms with E-state index in [0.29, 0.717) is 5.92 Å². The highest BCUT2D eigenvalue weighted by atomic mass is 16.5. The van der Waals surface area contributed by atoms with Gasteiger partial charge in [0.25, 0.3) is 5.69 Å². The van der Waals surface area contributed by atoms with Crippen LogP contribution in [0, 0.1) is 13.8 Å². The average Bonchev–Trinajstić information content (AvgIpc) is 3.26. The summed E-state index contributed by atoms with van der Waals surface area (Å²) in [6.45, 7) is 4.46. The van der Waals surface area contributed by atoms with E-state index in [9.17, 15) is 0 Å². The molecule has 1 aliphatic heterocycles. The summed E-state index contributed by atoms with van der Waals surface area (Å²) in [6.07, 6.45) is 7.60. The largest absolute Gasteiger partial charge is 0.449 e. The fourth-order valence-corrected chi connectivity index (χ4v) is 5.50. The summed E-state index contributed by atoms with van der Waals surface area (Å²) in [5.41, 5.74) is 6.67. The van der Waals surface area contributed by atoms with E-state index >= 15 is 0 Å². The highest BCUT2D eigenvalue weighted by molar-refractivity contribution is 6.07. The van der Waals surface area contributed by atoms with Crippen LogP contribution in [0.5, 0.6) is 11.5 Å². The molecule has 0 N–H and O–H groups in total. The first-order valence-corrected chi connectivity index (χ1v) is 10.8. The van der Waals surface area contributed by atoms with E-state index in [0.717, 1.165) is 11.5 Å². The maximum Gasteiger partial charge on any atom is 0.257 e. The molecule has 3 aromatic carbocycles. The van der Waals surface area contributed by atoms with Gasteiger partial charge in [0, 0.05) is 16.2 Å². The molecule has 2 heteroatoms. The Morgan fingerprint density at radius 3 is 2.62 bits per heavy atom. The van der Waals surface area contributed by atoms with E-state index in [1.807, 2.05) is 0 Å². The SMILES string of the molecule is Cc1cc2cccc3c2c(c1C)-c1c(c2cc(C4CCCC4)ccc2c[n+]1C)O3. The molecule has 29 heavy (non-hydrogen) atoms. The van der Waals surface area contributed by atoms with Gasteiger partial charge in [-0.15, -0.1) is 0 Å². The number of aromatic nitrogens is 1. The highest BCUT2D eigenvalue weighted by Crippen LogP contribution is 2.49. The van der Waals surface area contributed by atoms with Crippen molar-refractivity contribution in [1.29, 1.82) is 0 Å². The number of ether oxygens (including phenoxy) is 1. The minimum absolute atomic E-state index is 0.701. The summed E-state index contributed by atoms with van der Waals surface area (Å²) in [7, 11) is 2.15. The molecule has 6 rings (SSSR count). The molecule has 1 fully saturated rings. The molecule has 0 spiro atoms. The average molecular weight is 381 g/mol. The van der Waals surface area contributed by atoms with E-state index in [1.165, 1.54) is 75.2 Å². The lowest BCUT2D eigenvalue weighted by molar-refractivity contribution is -0.659. The monoisotopic (exact) mass is 380 g/mol. The van der Waals surface area contributed by atoms with Gasteiger partial charge >= 0.3 is 0 Å². The van der Waals surface area contributed by atoms with Crippen LogP contribution in [0.3, 0.4) is 0 Å². The van der Waals surface area contributed by atoms with E-state index in [2.05, 4.69) is 74.1 Å². The van der Waals surface area contributed by atoms with Crippen LogP contribution in [0.15, 0.2) is 48.7 Å². The number of fused-ring (bicyclic) bond motifs is 4. The maximum atomic E-state index is 6.64. The topological polar surface area (TPSA) is 13.1 Å². The summed E-state index contributed by atoms with van der Waals surface area (Å²) >= 11 is 0. The van der Waals surface area contributed by atoms with Crippen LogP contribution in [0.1, 0.15) is 48.3 Å². The summed E-state index contributed by atoms with van der Waals surface area (Å²) in [4.78, 5) is 0. The Kier molecular flexibility index (Phi) is 3.56. The molecular formula is C27H26NO+. The number of aryl methyl sites for hydroxylation is 2. The molecule has 0 unspecified atom stereocenters. The summed E-state index contributed by atoms with van der Waals surface area (Å²) in [6, 6.07) is 15.7. The lowest BCUT2D eigenvalue weighted by Gasteiger charge is -2.23. The molecule has 1 saturated carbocycles. The van der Waals surface area contributed by atoms with Crippen molar-refractivity contribution in [2.24, 2.45) is 7.05 Å². The van der Waals surface area contributed by atoms with Crippen LogP contribution >= 0.6 is 0 Å². The third kappa shape index (κ3) is 2.38. The minimum atomic E-state index is 0.701. The van der Waals surface area contributed by atoms with Crippen molar-refractivity contribution in [1.82, 2.24) is 0 Å². The zero-order chi connectivity index (χ0) is 19.7. The molecule has 0 bridgehead atoms. The highest BCUT2D eigenvalue weighted by Gasteiger charge is 2.32. The predicted molar refractivity (Wildman–Crippen MR) is 119 cm³/mol. The zero-order valence-corrected chi connectivity index (χ0v) is 17.4. The standard InChI is InChI=1S/C27H26NO/c1-16-13-20-9-6-10-23-25(20)24(17(16)2)26-27(29-23)22-14-19(18-7-4-5-8-18)11-12-21(22)15-28(26)3/h6,9-15,18H,4-5,7-8H2,1-3H3/q+1. The number of rotatable bonds is 1. The molecule has 4 aromatic rings. The Morgan fingerprint density at radius 2 is 1.79 bits per heavy atom. The Hall–Kier alpha value is -2.87. The van der Waals surface area contributed by atoms with Crippen molar-refractivity contribution in [3.8, 4) is 22.8 Å². The first kappa shape index (κ1) is 17.0. The fraction of sp³-hybridized carbons (Fsp3) is 0.296. The summed E-state index contributed by atoms with van der Waals surface area (Å²) in [5, 5.41) is 4.98. The Morgan fingerprint density at radius 1 is 0.966 bits per heavy atom. The van der Waals surface area contributed by atoms with Crippen molar-refractivity contribution >= 4 is 21.5 Å². The van der Waals surface area contributed by atoms with Crippen LogP contribution in [0.2, 0.25) is 0 Å². The Labute approximate surface area is 171 Å². The normalized spacial score (nSPS) is 15.7. The molecule has 0 radical (unpaired) electrons. The van der Waals surface area contributed by atoms with Crippen LogP contribution < -0.4 is 9.30 Å². The van der Waals surface area contributed by atoms with Crippen molar-refractivity contribution in [2.45, 2.75) is 45.4 Å². The quantitative estimate of drug-likeness (QED) is 0.289. The first-order valence-electron chi connectivity index (χ1n) is 10.8. The molecule has 2 aliphatic rings. The number of pyridine rings is 1. The Bertz CT molecular complexity index is 1310. The molecule has 0 atom stereocenters. The van der Waals surface area contributed by atoms with Crippen LogP contribution in [-0.2, 0) is 7.05 Å². The number of nitrogens with zero attached hydrogens (tertiary/aromatic N) is 1. The molecule has 144 valence electrons. The van der Waals surface area contributed by atoms with E-state index in [1.54, 1.807) is 0 Å². The second-order valence-electron chi connectivity index (χ2n) is 8.90. The minimum Gasteiger partial charge on any atom is -0.449 e. The predicted octanol–water partition coefficient (Wildman–Crippen LogP) is 6.86. The molecule has 0 amide bonds. The van der Waals surface area contributed by atoms with Crippen molar-refractivity contribution < 1.29 is 9.30 Å². The number of benzene rings is 3. The fourth-order valence-electron chi connectivity index (χ4n) is 5.50. The van der Waals surface area contributed by atoms with Gasteiger partial charge in [-0.1, -0.05) is 37.1 Å². The smallest absolute Gasteiger partial charge is 0.257 e. The van der Waals surface area contributed by atoms with Gasteiger partial charge in [0.05, 0.1) is 5.56 Å². The van der Waals surface area contributed by atoms with Gasteiger partial charge in [0.1, 0.15) is 12.8 Å². The van der Waals surface area contributed by atoms with Gasteiger partial charge in [0.15, 0.2) is 6.20 Å². The van der Waals surface area contributed by atoms with Gasteiger partial charge in [-0.3, -0.25) is 0 Å². The molecule has 2 nitrogen and oxygen atoms in total. The second-order valence-corrected chi connectivity index (χ2v) is 8.90. The first-order chi connectivity index (χ1) is 14.1. The Balaban J connectivity index is 1.71. The zero-order valence-electron chi connectivity index (χ0n) is 17.4. The van der Waals surface area contributed by atoms with Gasteiger partial charge in [-0.2, -0.15) is 4.57 Å². The third-order valence-corrected chi connectivity index (χ3v) is 7.14. The van der Waals surface area contributed by atoms with E-state index in [4.69, 9.17) is 4.74 Å². The van der Waals surface area contributed by atoms with Crippen molar-refractivity contribution in [3.63, 3.8) is 0 Å². The molecule has 2 heterocycles. The molecule has 1 aliphatic carbocycles. The van der Waals surface area contributed by atoms with Crippen LogP contribution in [-0.4, -0.2) is 0 Å². The van der Waals surface area contributed by atoms with E-state index in [-0.39, 0.29) is 0 Å². The van der Waals surface area contributed by atoms with Gasteiger partial charge in [-0.05, 0) is 72.9 Å². The van der Waals surface area contributed by atoms with Gasteiger partial charge < -0.3 is 4.74 Å². The second kappa shape index (κ2) is 6.06. The maximum absolute atomic E-state index is 6.64. The summed E-state index contributed by atoms with van der Waals surface area (Å²) in [5.74, 6) is 2.69. The van der Waals surface area contributed by atoms with Crippen LogP contribution in [0.25, 0.3) is 32.8 Å². The number of hydrogen-bond donors (Lipinski definition) is 0. The van der Waals surface area contributed by atoms with Crippen LogP contribution in [0.4, 0.5) is 0 Å². The molecular weight excluding hydrogens is 354 g/mol. The van der Waals surface area contributed by atoms with E-state index < -0.39 is 0 Å². The summed E-state index contributed by atoms with van der Waals surface area (Å²) < 4.78 is 8.89. The van der Waals surface area contributed by atoms with Crippen molar-refractivity contribution in [3.05, 3.63) is 65.4 Å². The lowest BCUT2D eigenvalue weighted by atomic mass is 9.89. The third-order valence-electron chi connectivity index (χ3n) is 7.14. The number of hydrogen-bond acceptors (Lipinski definition) is 1. The van der Waals surface area contributed by atoms with Gasteiger partial charge in [0.2, 0.25) is 5.75 Å². The molecule has 0 saturated heterocycles. The lowest BCUT2D eigenvalue weighted by Crippen LogP contribution is -2.32. The van der Waals surface area contributed by atoms with Crippen molar-refractivity contribution in [2.75, 3.05) is 0 Å².